The van der Waals surface area contributed by atoms with E-state index in [0.717, 1.165) is 20.2 Å². The van der Waals surface area contributed by atoms with Crippen molar-refractivity contribution >= 4 is 43.5 Å². The number of carbonyl (C=O) groups is 1. The number of nitrogens with one attached hydrogen (secondary N) is 1. The highest BCUT2D eigenvalue weighted by atomic mass is 79.9. The molecular weight excluding hydrogens is 398 g/mol. The number of carbonyl (C=O) groups excluding carboxylic acids is 1. The van der Waals surface area contributed by atoms with Gasteiger partial charge in [0, 0.05) is 14.6 Å². The highest BCUT2D eigenvalue weighted by Gasteiger charge is 2.36. The van der Waals surface area contributed by atoms with Crippen molar-refractivity contribution in [3.63, 3.8) is 0 Å². The second kappa shape index (κ2) is 6.62. The molecule has 0 aliphatic rings. The number of hydrogen-bond donors (Lipinski definition) is 1. The molecule has 0 aliphatic heterocycles. The van der Waals surface area contributed by atoms with E-state index in [-0.39, 0.29) is 5.97 Å². The zero-order valence-electron chi connectivity index (χ0n) is 11.7. The lowest BCUT2D eigenvalue weighted by atomic mass is 9.91. The summed E-state index contributed by atoms with van der Waals surface area (Å²) in [4.78, 5) is 12.3. The van der Waals surface area contributed by atoms with Gasteiger partial charge in [0.2, 0.25) is 0 Å². The Labute approximate surface area is 141 Å². The van der Waals surface area contributed by atoms with E-state index >= 15 is 0 Å². The van der Waals surface area contributed by atoms with Crippen LogP contribution < -0.4 is 5.32 Å². The van der Waals surface area contributed by atoms with Gasteiger partial charge in [-0.25, -0.2) is 4.79 Å². The van der Waals surface area contributed by atoms with Crippen LogP contribution in [0.4, 0.5) is 5.69 Å². The summed E-state index contributed by atoms with van der Waals surface area (Å²) in [5, 5.41) is 3.27. The van der Waals surface area contributed by atoms with Gasteiger partial charge < -0.3 is 10.1 Å². The van der Waals surface area contributed by atoms with Crippen LogP contribution in [0.15, 0.2) is 57.5 Å². The summed E-state index contributed by atoms with van der Waals surface area (Å²) in [6.45, 7) is 1.81. The van der Waals surface area contributed by atoms with Crippen LogP contribution in [0.25, 0.3) is 0 Å². The first-order valence-corrected chi connectivity index (χ1v) is 7.92. The first kappa shape index (κ1) is 16.0. The summed E-state index contributed by atoms with van der Waals surface area (Å²) in [7, 11) is 1.39. The Balaban J connectivity index is 2.45. The monoisotopic (exact) mass is 411 g/mol. The summed E-state index contributed by atoms with van der Waals surface area (Å²) in [6, 6.07) is 15.3. The SMILES string of the molecule is COC(=O)C(C)(Nc1cccc(Br)c1)c1cccc(Br)c1. The summed E-state index contributed by atoms with van der Waals surface area (Å²) in [5.41, 5.74) is 0.681. The first-order chi connectivity index (χ1) is 9.95. The molecule has 0 aliphatic carbocycles. The lowest BCUT2D eigenvalue weighted by Crippen LogP contribution is -2.41. The molecule has 2 rings (SSSR count). The van der Waals surface area contributed by atoms with E-state index in [4.69, 9.17) is 4.74 Å². The second-order valence-electron chi connectivity index (χ2n) is 4.76. The fraction of sp³-hybridized carbons (Fsp3) is 0.188. The van der Waals surface area contributed by atoms with Crippen molar-refractivity contribution in [3.8, 4) is 0 Å². The van der Waals surface area contributed by atoms with E-state index in [2.05, 4.69) is 37.2 Å². The largest absolute Gasteiger partial charge is 0.467 e. The minimum absolute atomic E-state index is 0.347. The molecule has 110 valence electrons. The van der Waals surface area contributed by atoms with Crippen molar-refractivity contribution in [2.24, 2.45) is 0 Å². The molecule has 0 saturated carbocycles. The number of anilines is 1. The average molecular weight is 413 g/mol. The Bertz CT molecular complexity index is 660. The lowest BCUT2D eigenvalue weighted by Gasteiger charge is -2.29. The predicted molar refractivity (Wildman–Crippen MR) is 91.3 cm³/mol. The molecule has 1 atom stereocenters. The van der Waals surface area contributed by atoms with Gasteiger partial charge in [0.1, 0.15) is 0 Å². The molecule has 5 heteroatoms. The van der Waals surface area contributed by atoms with Crippen molar-refractivity contribution in [1.82, 2.24) is 0 Å². The van der Waals surface area contributed by atoms with Crippen LogP contribution in [0.2, 0.25) is 0 Å². The molecule has 21 heavy (non-hydrogen) atoms. The summed E-state index contributed by atoms with van der Waals surface area (Å²) >= 11 is 6.86. The molecule has 1 unspecified atom stereocenters. The summed E-state index contributed by atoms with van der Waals surface area (Å²) in [5.74, 6) is -0.347. The van der Waals surface area contributed by atoms with Gasteiger partial charge >= 0.3 is 5.97 Å². The maximum atomic E-state index is 12.3. The zero-order valence-corrected chi connectivity index (χ0v) is 14.9. The Morgan fingerprint density at radius 2 is 1.71 bits per heavy atom. The molecule has 0 saturated heterocycles. The van der Waals surface area contributed by atoms with E-state index in [1.54, 1.807) is 0 Å². The van der Waals surface area contributed by atoms with Crippen molar-refractivity contribution < 1.29 is 9.53 Å². The minimum atomic E-state index is -0.973. The maximum absolute atomic E-state index is 12.3. The fourth-order valence-electron chi connectivity index (χ4n) is 2.10. The quantitative estimate of drug-likeness (QED) is 0.738. The van der Waals surface area contributed by atoms with E-state index in [1.165, 1.54) is 7.11 Å². The summed E-state index contributed by atoms with van der Waals surface area (Å²) in [6.07, 6.45) is 0. The van der Waals surface area contributed by atoms with Gasteiger partial charge in [-0.05, 0) is 42.8 Å². The Morgan fingerprint density at radius 1 is 1.10 bits per heavy atom. The Kier molecular flexibility index (Phi) is 5.06. The lowest BCUT2D eigenvalue weighted by molar-refractivity contribution is -0.145. The highest BCUT2D eigenvalue weighted by Crippen LogP contribution is 2.30. The third-order valence-electron chi connectivity index (χ3n) is 3.21. The van der Waals surface area contributed by atoms with Crippen LogP contribution >= 0.6 is 31.9 Å². The third-order valence-corrected chi connectivity index (χ3v) is 4.20. The smallest absolute Gasteiger partial charge is 0.335 e. The first-order valence-electron chi connectivity index (χ1n) is 6.34. The van der Waals surface area contributed by atoms with Gasteiger partial charge in [0.05, 0.1) is 7.11 Å². The number of methoxy groups -OCH3 is 1. The number of hydrogen-bond acceptors (Lipinski definition) is 3. The number of halogens is 2. The van der Waals surface area contributed by atoms with Crippen LogP contribution in [-0.2, 0) is 15.1 Å². The summed E-state index contributed by atoms with van der Waals surface area (Å²) < 4.78 is 6.83. The van der Waals surface area contributed by atoms with Gasteiger partial charge in [-0.3, -0.25) is 0 Å². The molecule has 0 aromatic heterocycles. The fourth-order valence-corrected chi connectivity index (χ4v) is 2.90. The molecule has 0 fully saturated rings. The number of esters is 1. The minimum Gasteiger partial charge on any atom is -0.467 e. The van der Waals surface area contributed by atoms with Gasteiger partial charge in [0.25, 0.3) is 0 Å². The Morgan fingerprint density at radius 3 is 2.29 bits per heavy atom. The van der Waals surface area contributed by atoms with E-state index in [0.29, 0.717) is 0 Å². The number of ether oxygens (including phenoxy) is 1. The second-order valence-corrected chi connectivity index (χ2v) is 6.59. The predicted octanol–water partition coefficient (Wildman–Crippen LogP) is 4.71. The van der Waals surface area contributed by atoms with E-state index < -0.39 is 5.54 Å². The molecule has 0 heterocycles. The van der Waals surface area contributed by atoms with Gasteiger partial charge in [-0.15, -0.1) is 0 Å². The van der Waals surface area contributed by atoms with E-state index in [9.17, 15) is 4.79 Å². The van der Waals surface area contributed by atoms with Crippen molar-refractivity contribution in [2.75, 3.05) is 12.4 Å². The molecule has 0 bridgehead atoms. The molecule has 2 aromatic rings. The number of rotatable bonds is 4. The van der Waals surface area contributed by atoms with Crippen LogP contribution in [-0.4, -0.2) is 13.1 Å². The molecule has 1 N–H and O–H groups in total. The van der Waals surface area contributed by atoms with Crippen molar-refractivity contribution in [1.29, 1.82) is 0 Å². The van der Waals surface area contributed by atoms with Crippen LogP contribution in [0.3, 0.4) is 0 Å². The topological polar surface area (TPSA) is 38.3 Å². The normalized spacial score (nSPS) is 13.3. The van der Waals surface area contributed by atoms with Crippen molar-refractivity contribution in [3.05, 3.63) is 63.0 Å². The molecule has 0 radical (unpaired) electrons. The zero-order chi connectivity index (χ0) is 15.5. The Hall–Kier alpha value is -1.33. The highest BCUT2D eigenvalue weighted by molar-refractivity contribution is 9.10. The molecule has 2 aromatic carbocycles. The molecule has 0 amide bonds. The molecule has 0 spiro atoms. The van der Waals surface area contributed by atoms with Crippen LogP contribution in [0.5, 0.6) is 0 Å². The van der Waals surface area contributed by atoms with Crippen LogP contribution in [0, 0.1) is 0 Å². The standard InChI is InChI=1S/C16H15Br2NO2/c1-16(15(20)21-2,11-5-3-6-12(17)9-11)19-14-8-4-7-13(18)10-14/h3-10,19H,1-2H3. The number of benzene rings is 2. The van der Waals surface area contributed by atoms with Crippen LogP contribution in [0.1, 0.15) is 12.5 Å². The average Bonchev–Trinajstić information content (AvgIpc) is 2.46. The maximum Gasteiger partial charge on any atom is 0.335 e. The van der Waals surface area contributed by atoms with Gasteiger partial charge in [-0.2, -0.15) is 0 Å². The van der Waals surface area contributed by atoms with Gasteiger partial charge in [-0.1, -0.05) is 50.1 Å². The van der Waals surface area contributed by atoms with Crippen molar-refractivity contribution in [2.45, 2.75) is 12.5 Å². The third kappa shape index (κ3) is 3.66. The van der Waals surface area contributed by atoms with E-state index in [1.807, 2.05) is 55.5 Å². The molecular formula is C16H15Br2NO2. The van der Waals surface area contributed by atoms with Gasteiger partial charge in [0.15, 0.2) is 5.54 Å². The molecule has 3 nitrogen and oxygen atoms in total.